The lowest BCUT2D eigenvalue weighted by molar-refractivity contribution is -0.133. The smallest absolute Gasteiger partial charge is 0.224 e. The Morgan fingerprint density at radius 1 is 1.35 bits per heavy atom. The van der Waals surface area contributed by atoms with Gasteiger partial charge in [-0.15, -0.1) is 6.58 Å². The summed E-state index contributed by atoms with van der Waals surface area (Å²) >= 11 is 0. The number of nitrogens with one attached hydrogen (secondary N) is 1. The van der Waals surface area contributed by atoms with Crippen LogP contribution in [-0.4, -0.2) is 55.9 Å². The van der Waals surface area contributed by atoms with Gasteiger partial charge in [-0.2, -0.15) is 0 Å². The lowest BCUT2D eigenvalue weighted by Gasteiger charge is -2.31. The molecule has 1 aliphatic carbocycles. The molecule has 1 amide bonds. The van der Waals surface area contributed by atoms with E-state index < -0.39 is 9.84 Å². The first kappa shape index (κ1) is 15.5. The number of hydrogen-bond acceptors (Lipinski definition) is 4. The fourth-order valence-corrected chi connectivity index (χ4v) is 4.58. The molecule has 1 aliphatic heterocycles. The van der Waals surface area contributed by atoms with Gasteiger partial charge >= 0.3 is 0 Å². The highest BCUT2D eigenvalue weighted by atomic mass is 32.2. The molecule has 1 heterocycles. The third-order valence-corrected chi connectivity index (χ3v) is 5.87. The van der Waals surface area contributed by atoms with Gasteiger partial charge in [0.15, 0.2) is 9.84 Å². The van der Waals surface area contributed by atoms with E-state index in [9.17, 15) is 13.2 Å². The average Bonchev–Trinajstić information content (AvgIpc) is 2.88. The molecule has 2 rings (SSSR count). The van der Waals surface area contributed by atoms with Crippen LogP contribution in [0.3, 0.4) is 0 Å². The van der Waals surface area contributed by atoms with Crippen LogP contribution in [0.1, 0.15) is 32.1 Å². The van der Waals surface area contributed by atoms with E-state index in [0.29, 0.717) is 19.1 Å². The van der Waals surface area contributed by atoms with E-state index in [2.05, 4.69) is 11.9 Å². The predicted octanol–water partition coefficient (Wildman–Crippen LogP) is 0.720. The molecule has 2 aliphatic rings. The molecule has 0 spiro atoms. The second-order valence-corrected chi connectivity index (χ2v) is 7.97. The maximum Gasteiger partial charge on any atom is 0.224 e. The molecule has 2 fully saturated rings. The third-order valence-electron chi connectivity index (χ3n) is 4.13. The molecule has 1 unspecified atom stereocenters. The van der Waals surface area contributed by atoms with E-state index in [0.717, 1.165) is 12.8 Å². The number of hydrogen-bond donors (Lipinski definition) is 1. The molecule has 0 bridgehead atoms. The van der Waals surface area contributed by atoms with Crippen LogP contribution >= 0.6 is 0 Å². The van der Waals surface area contributed by atoms with Crippen molar-refractivity contribution in [2.45, 2.75) is 44.2 Å². The van der Waals surface area contributed by atoms with Gasteiger partial charge in [0, 0.05) is 31.6 Å². The molecule has 0 aromatic rings. The van der Waals surface area contributed by atoms with Crippen molar-refractivity contribution in [2.75, 3.05) is 24.6 Å². The summed E-state index contributed by atoms with van der Waals surface area (Å²) in [6, 6.07) is 0.0654. The van der Waals surface area contributed by atoms with Crippen LogP contribution in [-0.2, 0) is 14.6 Å². The lowest BCUT2D eigenvalue weighted by Crippen LogP contribution is -2.49. The first-order chi connectivity index (χ1) is 9.52. The topological polar surface area (TPSA) is 66.5 Å². The monoisotopic (exact) mass is 300 g/mol. The maximum absolute atomic E-state index is 12.4. The Bertz CT molecular complexity index is 455. The fraction of sp³-hybridized carbons (Fsp3) is 0.786. The minimum absolute atomic E-state index is 0.0476. The van der Waals surface area contributed by atoms with Crippen molar-refractivity contribution in [1.29, 1.82) is 0 Å². The SMILES string of the molecule is C=CCN(C(=O)CC1CS(=O)(=O)CCN1)C1CCCC1. The molecule has 0 aromatic heterocycles. The van der Waals surface area contributed by atoms with Crippen molar-refractivity contribution < 1.29 is 13.2 Å². The van der Waals surface area contributed by atoms with E-state index in [4.69, 9.17) is 0 Å². The summed E-state index contributed by atoms with van der Waals surface area (Å²) in [4.78, 5) is 14.3. The zero-order chi connectivity index (χ0) is 14.6. The van der Waals surface area contributed by atoms with Crippen molar-refractivity contribution in [3.05, 3.63) is 12.7 Å². The van der Waals surface area contributed by atoms with Gasteiger partial charge < -0.3 is 10.2 Å². The van der Waals surface area contributed by atoms with E-state index in [-0.39, 0.29) is 29.9 Å². The summed E-state index contributed by atoms with van der Waals surface area (Å²) in [5, 5.41) is 3.14. The minimum Gasteiger partial charge on any atom is -0.336 e. The Balaban J connectivity index is 1.95. The Labute approximate surface area is 121 Å². The number of rotatable bonds is 5. The van der Waals surface area contributed by atoms with Crippen molar-refractivity contribution in [2.24, 2.45) is 0 Å². The number of amides is 1. The van der Waals surface area contributed by atoms with Crippen LogP contribution < -0.4 is 5.32 Å². The number of carbonyl (C=O) groups is 1. The Kier molecular flexibility index (Phi) is 5.21. The number of nitrogens with zero attached hydrogens (tertiary/aromatic N) is 1. The molecule has 1 saturated carbocycles. The summed E-state index contributed by atoms with van der Waals surface area (Å²) in [5.41, 5.74) is 0. The van der Waals surface area contributed by atoms with E-state index >= 15 is 0 Å². The lowest BCUT2D eigenvalue weighted by atomic mass is 10.1. The molecule has 0 aromatic carbocycles. The number of sulfone groups is 1. The second kappa shape index (κ2) is 6.72. The predicted molar refractivity (Wildman–Crippen MR) is 79.2 cm³/mol. The highest BCUT2D eigenvalue weighted by Crippen LogP contribution is 2.24. The van der Waals surface area contributed by atoms with Crippen LogP contribution in [0.15, 0.2) is 12.7 Å². The standard InChI is InChI=1S/C14H24N2O3S/c1-2-8-16(13-5-3-4-6-13)14(17)10-12-11-20(18,19)9-7-15-12/h2,12-13,15H,1,3-11H2. The minimum atomic E-state index is -2.99. The first-order valence-corrected chi connectivity index (χ1v) is 9.18. The Morgan fingerprint density at radius 2 is 2.05 bits per heavy atom. The highest BCUT2D eigenvalue weighted by molar-refractivity contribution is 7.91. The van der Waals surface area contributed by atoms with Crippen molar-refractivity contribution >= 4 is 15.7 Å². The van der Waals surface area contributed by atoms with E-state index in [1.165, 1.54) is 12.8 Å². The third kappa shape index (κ3) is 4.06. The van der Waals surface area contributed by atoms with Gasteiger partial charge in [0.1, 0.15) is 0 Å². The van der Waals surface area contributed by atoms with E-state index in [1.807, 2.05) is 4.90 Å². The second-order valence-electron chi connectivity index (χ2n) is 5.74. The molecule has 5 nitrogen and oxygen atoms in total. The molecule has 1 atom stereocenters. The molecule has 1 N–H and O–H groups in total. The van der Waals surface area contributed by atoms with Gasteiger partial charge in [0.25, 0.3) is 0 Å². The van der Waals surface area contributed by atoms with Gasteiger partial charge in [-0.3, -0.25) is 4.79 Å². The first-order valence-electron chi connectivity index (χ1n) is 7.36. The van der Waals surface area contributed by atoms with Crippen LogP contribution in [0.5, 0.6) is 0 Å². The van der Waals surface area contributed by atoms with Crippen LogP contribution in [0.2, 0.25) is 0 Å². The van der Waals surface area contributed by atoms with E-state index in [1.54, 1.807) is 6.08 Å². The van der Waals surface area contributed by atoms with Gasteiger partial charge in [0.2, 0.25) is 5.91 Å². The molecule has 20 heavy (non-hydrogen) atoms. The zero-order valence-corrected chi connectivity index (χ0v) is 12.7. The van der Waals surface area contributed by atoms with Gasteiger partial charge in [0.05, 0.1) is 11.5 Å². The fourth-order valence-electron chi connectivity index (χ4n) is 3.14. The largest absolute Gasteiger partial charge is 0.336 e. The molecule has 114 valence electrons. The van der Waals surface area contributed by atoms with Gasteiger partial charge in [-0.25, -0.2) is 8.42 Å². The average molecular weight is 300 g/mol. The molecule has 0 radical (unpaired) electrons. The van der Waals surface area contributed by atoms with Crippen molar-refractivity contribution in [3.63, 3.8) is 0 Å². The summed E-state index contributed by atoms with van der Waals surface area (Å²) < 4.78 is 23.2. The summed E-state index contributed by atoms with van der Waals surface area (Å²) in [7, 11) is -2.99. The summed E-state index contributed by atoms with van der Waals surface area (Å²) in [6.45, 7) is 4.73. The zero-order valence-electron chi connectivity index (χ0n) is 11.9. The summed E-state index contributed by atoms with van der Waals surface area (Å²) in [6.07, 6.45) is 6.46. The normalized spacial score (nSPS) is 26.3. The van der Waals surface area contributed by atoms with Crippen LogP contribution in [0.25, 0.3) is 0 Å². The van der Waals surface area contributed by atoms with Crippen LogP contribution in [0.4, 0.5) is 0 Å². The molecule has 6 heteroatoms. The van der Waals surface area contributed by atoms with Crippen molar-refractivity contribution in [3.8, 4) is 0 Å². The molecular weight excluding hydrogens is 276 g/mol. The van der Waals surface area contributed by atoms with Crippen molar-refractivity contribution in [1.82, 2.24) is 10.2 Å². The summed E-state index contributed by atoms with van der Waals surface area (Å²) in [5.74, 6) is 0.300. The quantitative estimate of drug-likeness (QED) is 0.760. The highest BCUT2D eigenvalue weighted by Gasteiger charge is 2.30. The molecular formula is C14H24N2O3S. The Morgan fingerprint density at radius 3 is 2.65 bits per heavy atom. The van der Waals surface area contributed by atoms with Gasteiger partial charge in [-0.1, -0.05) is 18.9 Å². The number of carbonyl (C=O) groups excluding carboxylic acids is 1. The van der Waals surface area contributed by atoms with Gasteiger partial charge in [-0.05, 0) is 12.8 Å². The van der Waals surface area contributed by atoms with Crippen LogP contribution in [0, 0.1) is 0 Å². The maximum atomic E-state index is 12.4. The Hall–Kier alpha value is -0.880. The molecule has 1 saturated heterocycles.